The van der Waals surface area contributed by atoms with Crippen molar-refractivity contribution < 1.29 is 0 Å². The van der Waals surface area contributed by atoms with Crippen LogP contribution < -0.4 is 5.73 Å². The Morgan fingerprint density at radius 2 is 1.50 bits per heavy atom. The first kappa shape index (κ1) is 7.84. The summed E-state index contributed by atoms with van der Waals surface area (Å²) in [6.45, 7) is 0. The van der Waals surface area contributed by atoms with Gasteiger partial charge < -0.3 is 0 Å². The van der Waals surface area contributed by atoms with E-state index in [0.717, 1.165) is 0 Å². The predicted octanol–water partition coefficient (Wildman–Crippen LogP) is 1.01. The van der Waals surface area contributed by atoms with E-state index in [9.17, 15) is 0 Å². The fourth-order valence-corrected chi connectivity index (χ4v) is 0.428. The normalized spacial score (nSPS) is 7.50. The van der Waals surface area contributed by atoms with Gasteiger partial charge in [-0.05, 0) is 12.1 Å². The van der Waals surface area contributed by atoms with Crippen LogP contribution in [0.2, 0.25) is 0 Å². The van der Waals surface area contributed by atoms with Crippen LogP contribution in [0, 0.1) is 0 Å². The molecule has 0 aliphatic heterocycles. The summed E-state index contributed by atoms with van der Waals surface area (Å²) >= 11 is 0. The van der Waals surface area contributed by atoms with Crippen LogP contribution >= 0.6 is 0 Å². The molecule has 0 bridgehead atoms. The van der Waals surface area contributed by atoms with Crippen LogP contribution in [-0.4, -0.2) is 24.4 Å². The summed E-state index contributed by atoms with van der Waals surface area (Å²) in [6, 6.07) is 8.71. The van der Waals surface area contributed by atoms with Gasteiger partial charge in [-0.3, -0.25) is 0 Å². The van der Waals surface area contributed by atoms with E-state index in [1.165, 1.54) is 0 Å². The second kappa shape index (κ2) is 3.79. The average molecular weight is 213 g/mol. The first-order valence-electron chi connectivity index (χ1n) is 2.13. The zero-order valence-corrected chi connectivity index (χ0v) is 6.83. The molecule has 1 rings (SSSR count). The van der Waals surface area contributed by atoms with Gasteiger partial charge in [0.2, 0.25) is 0 Å². The zero-order chi connectivity index (χ0) is 5.11. The minimum Gasteiger partial charge on any atom is -0.151 e. The third kappa shape index (κ3) is 2.22. The van der Waals surface area contributed by atoms with Crippen molar-refractivity contribution in [1.82, 2.24) is 5.73 Å². The van der Waals surface area contributed by atoms with Crippen LogP contribution in [0.15, 0.2) is 30.3 Å². The summed E-state index contributed by atoms with van der Waals surface area (Å²) < 4.78 is 0. The fourth-order valence-electron chi connectivity index (χ4n) is 0.428. The second-order valence-electron chi connectivity index (χ2n) is 1.34. The Bertz CT molecular complexity index is 138. The molecule has 0 saturated carbocycles. The van der Waals surface area contributed by atoms with Crippen molar-refractivity contribution in [3.05, 3.63) is 30.3 Å². The number of rotatable bonds is 0. The molecule has 1 aromatic carbocycles. The van der Waals surface area contributed by atoms with Gasteiger partial charge >= 0.3 is 0 Å². The maximum atomic E-state index is 8.63. The van der Waals surface area contributed by atoms with Gasteiger partial charge in [-0.15, -0.1) is 0 Å². The molecule has 0 amide bonds. The maximum absolute atomic E-state index is 8.63. The van der Waals surface area contributed by atoms with Crippen LogP contribution in [0.4, 0.5) is 5.69 Å². The first-order valence-corrected chi connectivity index (χ1v) is 2.13. The molecule has 5 radical (unpaired) electrons. The number of hydrogen-bond donors (Lipinski definition) is 0. The van der Waals surface area contributed by atoms with Gasteiger partial charge in [0.1, 0.15) is 0 Å². The van der Waals surface area contributed by atoms with Gasteiger partial charge in [0, 0.05) is 24.4 Å². The smallest absolute Gasteiger partial charge is 0.0857 e. The van der Waals surface area contributed by atoms with Gasteiger partial charge in [0.05, 0.1) is 5.69 Å². The standard InChI is InChI=1S/C6H5N.Sb/c7-6-4-2-1-3-5-6;/h1-5H;. The van der Waals surface area contributed by atoms with Crippen LogP contribution in [-0.2, 0) is 0 Å². The van der Waals surface area contributed by atoms with Gasteiger partial charge in [-0.2, -0.15) is 5.73 Å². The fraction of sp³-hybridized carbons (Fsp3) is 0. The molecule has 8 heavy (non-hydrogen) atoms. The molecule has 0 N–H and O–H groups in total. The van der Waals surface area contributed by atoms with Crippen molar-refractivity contribution >= 4 is 30.1 Å². The molecule has 2 heteroatoms. The van der Waals surface area contributed by atoms with E-state index in [1.54, 1.807) is 24.3 Å². The van der Waals surface area contributed by atoms with Crippen molar-refractivity contribution in [2.45, 2.75) is 0 Å². The minimum atomic E-state index is 0. The molecule has 0 aromatic heterocycles. The summed E-state index contributed by atoms with van der Waals surface area (Å²) in [5.41, 5.74) is 8.95. The predicted molar refractivity (Wildman–Crippen MR) is 34.0 cm³/mol. The molecule has 0 aliphatic rings. The molecule has 0 heterocycles. The molecule has 1 aromatic rings. The minimum absolute atomic E-state index is 0. The molecule has 1 nitrogen and oxygen atoms in total. The quantitative estimate of drug-likeness (QED) is 0.573. The van der Waals surface area contributed by atoms with Crippen molar-refractivity contribution in [1.29, 1.82) is 0 Å². The molecule has 0 saturated heterocycles. The van der Waals surface area contributed by atoms with E-state index in [2.05, 4.69) is 0 Å². The molecular weight excluding hydrogens is 208 g/mol. The molecule has 39 valence electrons. The van der Waals surface area contributed by atoms with Crippen LogP contribution in [0.3, 0.4) is 0 Å². The van der Waals surface area contributed by atoms with Crippen molar-refractivity contribution in [2.75, 3.05) is 0 Å². The van der Waals surface area contributed by atoms with E-state index in [0.29, 0.717) is 5.69 Å². The number of benzene rings is 1. The van der Waals surface area contributed by atoms with E-state index in [-0.39, 0.29) is 24.4 Å². The first-order chi connectivity index (χ1) is 3.39. The number of hydrogen-bond acceptors (Lipinski definition) is 0. The van der Waals surface area contributed by atoms with Crippen molar-refractivity contribution in [2.24, 2.45) is 0 Å². The summed E-state index contributed by atoms with van der Waals surface area (Å²) in [4.78, 5) is 0. The van der Waals surface area contributed by atoms with E-state index in [4.69, 9.17) is 5.73 Å². The van der Waals surface area contributed by atoms with Crippen molar-refractivity contribution in [3.63, 3.8) is 0 Å². The van der Waals surface area contributed by atoms with Gasteiger partial charge in [-0.1, -0.05) is 18.2 Å². The Morgan fingerprint density at radius 1 is 1.00 bits per heavy atom. The maximum Gasteiger partial charge on any atom is 0.0857 e. The summed E-state index contributed by atoms with van der Waals surface area (Å²) in [6.07, 6.45) is 0. The molecule has 0 fully saturated rings. The zero-order valence-electron chi connectivity index (χ0n) is 4.28. The van der Waals surface area contributed by atoms with Crippen LogP contribution in [0.1, 0.15) is 0 Å². The third-order valence-corrected chi connectivity index (χ3v) is 0.756. The molecule has 0 aliphatic carbocycles. The largest absolute Gasteiger partial charge is 0.151 e. The van der Waals surface area contributed by atoms with E-state index < -0.39 is 0 Å². The van der Waals surface area contributed by atoms with Gasteiger partial charge in [-0.25, -0.2) is 0 Å². The molecule has 0 unspecified atom stereocenters. The van der Waals surface area contributed by atoms with E-state index >= 15 is 0 Å². The van der Waals surface area contributed by atoms with Crippen LogP contribution in [0.25, 0.3) is 0 Å². The van der Waals surface area contributed by atoms with Gasteiger partial charge in [0.15, 0.2) is 0 Å². The Morgan fingerprint density at radius 3 is 1.75 bits per heavy atom. The molecule has 0 spiro atoms. The summed E-state index contributed by atoms with van der Waals surface area (Å²) in [5, 5.41) is 0. The Kier molecular flexibility index (Phi) is 3.72. The second-order valence-corrected chi connectivity index (χ2v) is 1.34. The Hall–Kier alpha value is -0.162. The summed E-state index contributed by atoms with van der Waals surface area (Å²) in [5.74, 6) is 0. The molecular formula is C6H5NSb. The molecule has 0 atom stereocenters. The van der Waals surface area contributed by atoms with E-state index in [1.807, 2.05) is 6.07 Å². The Labute approximate surface area is 66.3 Å². The van der Waals surface area contributed by atoms with Gasteiger partial charge in [0.25, 0.3) is 0 Å². The SMILES string of the molecule is [N]c1ccccc1.[Sb]. The Balaban J connectivity index is 0.000000490. The average Bonchev–Trinajstić information content (AvgIpc) is 1.69. The number of nitrogens with zero attached hydrogens (tertiary/aromatic N) is 1. The monoisotopic (exact) mass is 212 g/mol. The van der Waals surface area contributed by atoms with Crippen LogP contribution in [0.5, 0.6) is 0 Å². The third-order valence-electron chi connectivity index (χ3n) is 0.756. The topological polar surface area (TPSA) is 22.3 Å². The van der Waals surface area contributed by atoms with Crippen molar-refractivity contribution in [3.8, 4) is 0 Å². The summed E-state index contributed by atoms with van der Waals surface area (Å²) in [7, 11) is 0.